The van der Waals surface area contributed by atoms with Crippen molar-refractivity contribution in [3.8, 4) is 0 Å². The van der Waals surface area contributed by atoms with Crippen molar-refractivity contribution in [2.24, 2.45) is 0 Å². The zero-order valence-corrected chi connectivity index (χ0v) is 41.7. The Kier molecular flexibility index (Phi) is 46.9. The molecule has 1 aromatic carbocycles. The number of hydrogen-bond acceptors (Lipinski definition) is 14. The van der Waals surface area contributed by atoms with Gasteiger partial charge in [0.2, 0.25) is 30.1 Å². The molecule has 0 aliphatic carbocycles. The summed E-state index contributed by atoms with van der Waals surface area (Å²) in [5.74, 6) is 0.542. The first-order chi connectivity index (χ1) is 24.2. The number of hydrogen-bond donors (Lipinski definition) is 3. The van der Waals surface area contributed by atoms with Crippen molar-refractivity contribution in [3.05, 3.63) is 153 Å². The Morgan fingerprint density at radius 3 is 1.16 bits per heavy atom. The smallest absolute Gasteiger partial charge is 0.229 e. The van der Waals surface area contributed by atoms with Crippen molar-refractivity contribution in [1.82, 2.24) is 40.1 Å². The standard InChI is InChI=1S/2C6H7N2O2S.C6H5.C5H6N3O2S.2C4H3N2.3B.3Y/c2*1-11(9,10)8-6-4-2-3-5-7-6;1-2-4-6-5-3-1;1-11(9,10)8-5-3-2-4-6-7-5;2*1-2-5-4-6-3-1;;;;;;/h2*2-3,5H,1H3,(H,7,8);1-5H;2,4H,1H3,(H,7,8);2-4H;1-3H;;;;;;/q6*-1;;;;;;. The molecule has 6 aromatic rings. The predicted molar refractivity (Wildman–Crippen MR) is 207 cm³/mol. The zero-order valence-electron chi connectivity index (χ0n) is 30.7. The third-order valence-corrected chi connectivity index (χ3v) is 5.74. The maximum Gasteiger partial charge on any atom is 0.229 e. The summed E-state index contributed by atoms with van der Waals surface area (Å²) in [6.07, 6.45) is 17.8. The van der Waals surface area contributed by atoms with E-state index in [1.807, 2.05) is 30.3 Å². The number of nitrogens with one attached hydrogen (secondary N) is 3. The minimum Gasteiger partial charge on any atom is -0.434 e. The molecule has 0 unspecified atom stereocenters. The average Bonchev–Trinajstić information content (AvgIpc) is 3.11. The minimum absolute atomic E-state index is 0. The van der Waals surface area contributed by atoms with Gasteiger partial charge in [0.05, 0.1) is 24.6 Å². The van der Waals surface area contributed by atoms with E-state index < -0.39 is 30.1 Å². The SMILES string of the molecule is CS(=O)(=O)Nc1[c-]cccn1.CS(=O)(=O)Nc1[c-]cccn1.CS(=O)(=O)Nc1[c-]ccnn1.[B].[B].[B].[Y].[Y].[Y].[c-]1ccccc1.[c-]1cncnc1.[c-]1ncccn1. The van der Waals surface area contributed by atoms with Crippen LogP contribution in [0.15, 0.2) is 116 Å². The molecule has 0 aliphatic heterocycles. The maximum absolute atomic E-state index is 10.6. The fourth-order valence-electron chi connectivity index (χ4n) is 2.40. The Morgan fingerprint density at radius 2 is 0.930 bits per heavy atom. The predicted octanol–water partition coefficient (Wildman–Crippen LogP) is 1.05. The van der Waals surface area contributed by atoms with Crippen molar-refractivity contribution in [1.29, 1.82) is 0 Å². The van der Waals surface area contributed by atoms with Gasteiger partial charge in [-0.2, -0.15) is 53.6 Å². The van der Waals surface area contributed by atoms with Crippen molar-refractivity contribution in [2.75, 3.05) is 32.9 Å². The van der Waals surface area contributed by atoms with Crippen molar-refractivity contribution in [3.63, 3.8) is 0 Å². The summed E-state index contributed by atoms with van der Waals surface area (Å²) in [6.45, 7) is 0. The van der Waals surface area contributed by atoms with Crippen LogP contribution in [0.5, 0.6) is 0 Å². The number of pyridine rings is 2. The molecule has 5 aromatic heterocycles. The second-order valence-corrected chi connectivity index (χ2v) is 13.9. The van der Waals surface area contributed by atoms with Gasteiger partial charge in [0, 0.05) is 141 Å². The molecule has 57 heavy (non-hydrogen) atoms. The fraction of sp³-hybridized carbons (Fsp3) is 0.0968. The van der Waals surface area contributed by atoms with Gasteiger partial charge < -0.3 is 16.0 Å². The Balaban J connectivity index is -0.000000136. The largest absolute Gasteiger partial charge is 0.434 e. The molecule has 0 bridgehead atoms. The zero-order chi connectivity index (χ0) is 37.7. The molecule has 6 rings (SSSR count). The van der Waals surface area contributed by atoms with Crippen LogP contribution in [0.1, 0.15) is 0 Å². The first-order valence-corrected chi connectivity index (χ1v) is 19.3. The molecule has 26 heteroatoms. The monoisotopic (exact) mass is 1050 g/mol. The van der Waals surface area contributed by atoms with Gasteiger partial charge in [0.25, 0.3) is 0 Å². The topological polar surface area (TPSA) is 242 Å². The van der Waals surface area contributed by atoms with Crippen LogP contribution in [0.25, 0.3) is 0 Å². The Morgan fingerprint density at radius 1 is 0.491 bits per heavy atom. The number of sulfonamides is 3. The molecule has 0 amide bonds. The molecule has 0 fully saturated rings. The summed E-state index contributed by atoms with van der Waals surface area (Å²) in [6, 6.07) is 32.7. The second-order valence-electron chi connectivity index (χ2n) is 8.67. The summed E-state index contributed by atoms with van der Waals surface area (Å²) < 4.78 is 70.2. The van der Waals surface area contributed by atoms with Gasteiger partial charge in [-0.25, -0.2) is 61.7 Å². The van der Waals surface area contributed by atoms with Crippen LogP contribution in [0.4, 0.5) is 17.5 Å². The number of anilines is 3. The van der Waals surface area contributed by atoms with Crippen molar-refractivity contribution < 1.29 is 123 Å². The summed E-state index contributed by atoms with van der Waals surface area (Å²) in [5.41, 5.74) is 0. The molecule has 0 aliphatic rings. The Labute approximate surface area is 417 Å². The van der Waals surface area contributed by atoms with E-state index >= 15 is 0 Å². The molecule has 0 atom stereocenters. The molecular formula is C31H31B3N11O6S3Y3-6. The molecule has 0 saturated carbocycles. The van der Waals surface area contributed by atoms with E-state index in [1.165, 1.54) is 31.0 Å². The molecule has 3 N–H and O–H groups in total. The molecule has 288 valence electrons. The van der Waals surface area contributed by atoms with Gasteiger partial charge in [0.15, 0.2) is 0 Å². The Hall–Kier alpha value is -2.48. The minimum atomic E-state index is -3.26. The van der Waals surface area contributed by atoms with Crippen LogP contribution in [-0.4, -0.2) is 109 Å². The molecule has 0 saturated heterocycles. The molecule has 17 nitrogen and oxygen atoms in total. The molecule has 12 radical (unpaired) electrons. The number of rotatable bonds is 6. The third kappa shape index (κ3) is 47.8. The molecule has 0 spiro atoms. The third-order valence-electron chi connectivity index (χ3n) is 4.05. The first kappa shape index (κ1) is 66.3. The van der Waals surface area contributed by atoms with E-state index in [9.17, 15) is 25.3 Å². The van der Waals surface area contributed by atoms with E-state index in [1.54, 1.807) is 55.1 Å². The fourth-order valence-corrected chi connectivity index (χ4v) is 3.78. The van der Waals surface area contributed by atoms with Crippen LogP contribution in [-0.2, 0) is 128 Å². The maximum atomic E-state index is 10.6. The van der Waals surface area contributed by atoms with Crippen LogP contribution in [0, 0.1) is 36.7 Å². The molecular weight excluding hydrogens is 1020 g/mol. The quantitative estimate of drug-likeness (QED) is 0.156. The van der Waals surface area contributed by atoms with Gasteiger partial charge in [-0.3, -0.25) is 39.2 Å². The summed E-state index contributed by atoms with van der Waals surface area (Å²) in [7, 11) is -9.70. The number of benzene rings is 1. The van der Waals surface area contributed by atoms with E-state index in [-0.39, 0.29) is 141 Å². The van der Waals surface area contributed by atoms with Gasteiger partial charge in [-0.1, -0.05) is 24.8 Å². The summed E-state index contributed by atoms with van der Waals surface area (Å²) in [5, 5.41) is 6.93. The summed E-state index contributed by atoms with van der Waals surface area (Å²) >= 11 is 0. The van der Waals surface area contributed by atoms with Crippen LogP contribution >= 0.6 is 0 Å². The van der Waals surface area contributed by atoms with E-state index in [0.717, 1.165) is 18.8 Å². The van der Waals surface area contributed by atoms with Crippen molar-refractivity contribution in [2.45, 2.75) is 0 Å². The molecule has 5 heterocycles. The van der Waals surface area contributed by atoms with E-state index in [2.05, 4.69) is 90.9 Å². The second kappa shape index (κ2) is 40.3. The van der Waals surface area contributed by atoms with E-state index in [0.29, 0.717) is 0 Å². The van der Waals surface area contributed by atoms with Crippen LogP contribution in [0.2, 0.25) is 0 Å². The van der Waals surface area contributed by atoms with Crippen molar-refractivity contribution >= 4 is 72.8 Å². The van der Waals surface area contributed by atoms with Crippen LogP contribution in [0.3, 0.4) is 0 Å². The first-order valence-electron chi connectivity index (χ1n) is 13.7. The number of aromatic nitrogens is 8. The summed E-state index contributed by atoms with van der Waals surface area (Å²) in [4.78, 5) is 21.8. The average molecular weight is 1050 g/mol. The van der Waals surface area contributed by atoms with E-state index in [4.69, 9.17) is 0 Å². The van der Waals surface area contributed by atoms with Gasteiger partial charge in [-0.05, 0) is 0 Å². The number of nitrogens with zero attached hydrogens (tertiary/aromatic N) is 8. The van der Waals surface area contributed by atoms with Gasteiger partial charge in [0.1, 0.15) is 6.33 Å². The van der Waals surface area contributed by atoms with Crippen LogP contribution < -0.4 is 14.2 Å². The Bertz CT molecular complexity index is 1740. The van der Waals surface area contributed by atoms with Gasteiger partial charge >= 0.3 is 0 Å². The normalized spacial score (nSPS) is 8.89. The van der Waals surface area contributed by atoms with Gasteiger partial charge in [-0.15, -0.1) is 24.7 Å².